The second kappa shape index (κ2) is 8.15. The largest absolute Gasteiger partial charge is 0.497 e. The van der Waals surface area contributed by atoms with Crippen LogP contribution in [0.5, 0.6) is 5.75 Å². The Morgan fingerprint density at radius 3 is 2.76 bits per heavy atom. The number of nitrogens with zero attached hydrogens (tertiary/aromatic N) is 2. The summed E-state index contributed by atoms with van der Waals surface area (Å²) in [5.41, 5.74) is 3.52. The molecule has 2 fully saturated rings. The lowest BCUT2D eigenvalue weighted by atomic mass is 9.94. The van der Waals surface area contributed by atoms with Gasteiger partial charge in [-0.1, -0.05) is 18.2 Å². The molecule has 6 nitrogen and oxygen atoms in total. The second-order valence-electron chi connectivity index (χ2n) is 7.67. The summed E-state index contributed by atoms with van der Waals surface area (Å²) in [6, 6.07) is 13.6. The molecule has 2 aromatic rings. The molecule has 4 rings (SSSR count). The normalized spacial score (nSPS) is 19.2. The highest BCUT2D eigenvalue weighted by Gasteiger charge is 2.30. The van der Waals surface area contributed by atoms with Crippen LogP contribution >= 0.6 is 0 Å². The van der Waals surface area contributed by atoms with E-state index in [2.05, 4.69) is 11.4 Å². The van der Waals surface area contributed by atoms with Gasteiger partial charge in [0.25, 0.3) is 5.91 Å². The van der Waals surface area contributed by atoms with Crippen molar-refractivity contribution in [3.8, 4) is 5.75 Å². The minimum absolute atomic E-state index is 0.0124. The topological polar surface area (TPSA) is 61.9 Å². The number of urea groups is 1. The van der Waals surface area contributed by atoms with E-state index in [-0.39, 0.29) is 18.0 Å². The van der Waals surface area contributed by atoms with Crippen molar-refractivity contribution in [2.45, 2.75) is 32.2 Å². The maximum Gasteiger partial charge on any atom is 0.322 e. The van der Waals surface area contributed by atoms with Crippen LogP contribution < -0.4 is 15.0 Å². The minimum Gasteiger partial charge on any atom is -0.497 e. The van der Waals surface area contributed by atoms with E-state index >= 15 is 0 Å². The van der Waals surface area contributed by atoms with Gasteiger partial charge in [-0.3, -0.25) is 9.69 Å². The zero-order valence-corrected chi connectivity index (χ0v) is 17.0. The van der Waals surface area contributed by atoms with E-state index in [1.165, 1.54) is 0 Å². The van der Waals surface area contributed by atoms with Gasteiger partial charge in [0.2, 0.25) is 0 Å². The first-order chi connectivity index (χ1) is 14.1. The third-order valence-electron chi connectivity index (χ3n) is 5.85. The molecule has 1 N–H and O–H groups in total. The van der Waals surface area contributed by atoms with Crippen LogP contribution in [0, 0.1) is 6.92 Å². The van der Waals surface area contributed by atoms with Crippen molar-refractivity contribution in [2.75, 3.05) is 31.6 Å². The smallest absolute Gasteiger partial charge is 0.322 e. The fourth-order valence-corrected chi connectivity index (χ4v) is 4.27. The van der Waals surface area contributed by atoms with E-state index < -0.39 is 0 Å². The van der Waals surface area contributed by atoms with Crippen LogP contribution in [-0.4, -0.2) is 43.6 Å². The molecular weight excluding hydrogens is 366 g/mol. The standard InChI is InChI=1S/C23H27N3O3/c1-16-9-10-18(15-21(16)26-13-11-24-23(26)28)22(27)25-12-4-3-8-20(25)17-6-5-7-19(14-17)29-2/h5-7,9-10,14-15,20H,3-4,8,11-13H2,1-2H3,(H,24,28)/t20-/m1/s1. The predicted octanol–water partition coefficient (Wildman–Crippen LogP) is 3.90. The van der Waals surface area contributed by atoms with E-state index in [0.29, 0.717) is 18.7 Å². The molecule has 0 aliphatic carbocycles. The molecule has 3 amide bonds. The molecule has 2 aromatic carbocycles. The van der Waals surface area contributed by atoms with Gasteiger partial charge < -0.3 is 15.0 Å². The van der Waals surface area contributed by atoms with Gasteiger partial charge in [0.15, 0.2) is 0 Å². The lowest BCUT2D eigenvalue weighted by molar-refractivity contribution is 0.0611. The number of likely N-dealkylation sites (tertiary alicyclic amines) is 1. The van der Waals surface area contributed by atoms with Gasteiger partial charge in [0.1, 0.15) is 5.75 Å². The predicted molar refractivity (Wildman–Crippen MR) is 113 cm³/mol. The summed E-state index contributed by atoms with van der Waals surface area (Å²) in [4.78, 5) is 29.3. The lowest BCUT2D eigenvalue weighted by Crippen LogP contribution is -2.38. The van der Waals surface area contributed by atoms with Crippen molar-refractivity contribution >= 4 is 17.6 Å². The van der Waals surface area contributed by atoms with Gasteiger partial charge in [-0.25, -0.2) is 4.79 Å². The Hall–Kier alpha value is -3.02. The van der Waals surface area contributed by atoms with Gasteiger partial charge in [0.05, 0.1) is 13.2 Å². The van der Waals surface area contributed by atoms with Crippen molar-refractivity contribution in [1.82, 2.24) is 10.2 Å². The van der Waals surface area contributed by atoms with Crippen LogP contribution in [-0.2, 0) is 0 Å². The number of carbonyl (C=O) groups excluding carboxylic acids is 2. The zero-order chi connectivity index (χ0) is 20.4. The Kier molecular flexibility index (Phi) is 5.43. The minimum atomic E-state index is -0.107. The summed E-state index contributed by atoms with van der Waals surface area (Å²) in [6.45, 7) is 3.94. The molecule has 152 valence electrons. The first-order valence-corrected chi connectivity index (χ1v) is 10.2. The van der Waals surface area contributed by atoms with Crippen molar-refractivity contribution < 1.29 is 14.3 Å². The van der Waals surface area contributed by atoms with Crippen molar-refractivity contribution in [1.29, 1.82) is 0 Å². The highest BCUT2D eigenvalue weighted by Crippen LogP contribution is 2.34. The summed E-state index contributed by atoms with van der Waals surface area (Å²) in [5, 5.41) is 2.83. The Labute approximate surface area is 171 Å². The van der Waals surface area contributed by atoms with Crippen LogP contribution in [0.15, 0.2) is 42.5 Å². The maximum atomic E-state index is 13.5. The molecule has 0 radical (unpaired) electrons. The number of rotatable bonds is 4. The molecule has 2 heterocycles. The average Bonchev–Trinajstić information content (AvgIpc) is 3.19. The molecule has 0 spiro atoms. The number of benzene rings is 2. The maximum absolute atomic E-state index is 13.5. The number of aryl methyl sites for hydroxylation is 1. The summed E-state index contributed by atoms with van der Waals surface area (Å²) >= 11 is 0. The Balaban J connectivity index is 1.64. The van der Waals surface area contributed by atoms with E-state index in [1.807, 2.05) is 48.2 Å². The van der Waals surface area contributed by atoms with Crippen LogP contribution in [0.2, 0.25) is 0 Å². The number of hydrogen-bond acceptors (Lipinski definition) is 3. The summed E-state index contributed by atoms with van der Waals surface area (Å²) in [6.07, 6.45) is 3.03. The number of hydrogen-bond donors (Lipinski definition) is 1. The monoisotopic (exact) mass is 393 g/mol. The van der Waals surface area contributed by atoms with E-state index in [9.17, 15) is 9.59 Å². The summed E-state index contributed by atoms with van der Waals surface area (Å²) < 4.78 is 5.38. The molecule has 29 heavy (non-hydrogen) atoms. The molecule has 2 saturated heterocycles. The van der Waals surface area contributed by atoms with Gasteiger partial charge >= 0.3 is 6.03 Å². The summed E-state index contributed by atoms with van der Waals surface area (Å²) in [5.74, 6) is 0.816. The Morgan fingerprint density at radius 1 is 1.14 bits per heavy atom. The number of ether oxygens (including phenoxy) is 1. The number of methoxy groups -OCH3 is 1. The average molecular weight is 393 g/mol. The molecule has 0 bridgehead atoms. The van der Waals surface area contributed by atoms with Gasteiger partial charge in [-0.2, -0.15) is 0 Å². The molecule has 2 aliphatic rings. The highest BCUT2D eigenvalue weighted by atomic mass is 16.5. The molecule has 0 aromatic heterocycles. The second-order valence-corrected chi connectivity index (χ2v) is 7.67. The quantitative estimate of drug-likeness (QED) is 0.857. The lowest BCUT2D eigenvalue weighted by Gasteiger charge is -2.36. The Morgan fingerprint density at radius 2 is 2.00 bits per heavy atom. The fourth-order valence-electron chi connectivity index (χ4n) is 4.27. The van der Waals surface area contributed by atoms with Crippen LogP contribution in [0.1, 0.15) is 46.8 Å². The van der Waals surface area contributed by atoms with E-state index in [0.717, 1.165) is 48.4 Å². The van der Waals surface area contributed by atoms with E-state index in [1.54, 1.807) is 12.0 Å². The third-order valence-corrected chi connectivity index (χ3v) is 5.85. The van der Waals surface area contributed by atoms with Crippen LogP contribution in [0.3, 0.4) is 0 Å². The highest BCUT2D eigenvalue weighted by molar-refractivity contribution is 5.99. The van der Waals surface area contributed by atoms with Crippen molar-refractivity contribution in [3.63, 3.8) is 0 Å². The number of nitrogens with one attached hydrogen (secondary N) is 1. The molecule has 6 heteroatoms. The van der Waals surface area contributed by atoms with Crippen LogP contribution in [0.25, 0.3) is 0 Å². The summed E-state index contributed by atoms with van der Waals surface area (Å²) in [7, 11) is 1.66. The van der Waals surface area contributed by atoms with Gasteiger partial charge in [-0.15, -0.1) is 0 Å². The SMILES string of the molecule is COc1cccc([C@H]2CCCCN2C(=O)c2ccc(C)c(N3CCNC3=O)c2)c1. The van der Waals surface area contributed by atoms with E-state index in [4.69, 9.17) is 4.74 Å². The van der Waals surface area contributed by atoms with Gasteiger partial charge in [0, 0.05) is 30.9 Å². The van der Waals surface area contributed by atoms with Crippen molar-refractivity contribution in [3.05, 3.63) is 59.2 Å². The number of anilines is 1. The molecular formula is C23H27N3O3. The molecule has 1 atom stereocenters. The van der Waals surface area contributed by atoms with Crippen LogP contribution in [0.4, 0.5) is 10.5 Å². The number of carbonyl (C=O) groups is 2. The fraction of sp³-hybridized carbons (Fsp3) is 0.391. The zero-order valence-electron chi connectivity index (χ0n) is 17.0. The number of amides is 3. The first-order valence-electron chi connectivity index (χ1n) is 10.2. The third kappa shape index (κ3) is 3.79. The molecule has 0 saturated carbocycles. The van der Waals surface area contributed by atoms with Gasteiger partial charge in [-0.05, 0) is 61.6 Å². The molecule has 2 aliphatic heterocycles. The number of piperidine rings is 1. The molecule has 0 unspecified atom stereocenters. The van der Waals surface area contributed by atoms with Crippen molar-refractivity contribution in [2.24, 2.45) is 0 Å². The Bertz CT molecular complexity index is 927. The first kappa shape index (κ1) is 19.3.